The Balaban J connectivity index is 1.18. The average Bonchev–Trinajstić information content (AvgIpc) is 3.25. The third-order valence-electron chi connectivity index (χ3n) is 8.98. The fourth-order valence-corrected chi connectivity index (χ4v) is 6.74. The highest BCUT2D eigenvalue weighted by Gasteiger charge is 2.50. The number of likely N-dealkylation sites (tertiary alicyclic amines) is 2. The van der Waals surface area contributed by atoms with E-state index in [4.69, 9.17) is 4.74 Å². The van der Waals surface area contributed by atoms with Crippen LogP contribution in [0.1, 0.15) is 64.9 Å². The average molecular weight is 533 g/mol. The van der Waals surface area contributed by atoms with Gasteiger partial charge in [0.1, 0.15) is 11.1 Å². The second-order valence-electron chi connectivity index (χ2n) is 12.5. The molecule has 3 saturated heterocycles. The Hall–Kier alpha value is -3.06. The predicted molar refractivity (Wildman–Crippen MR) is 155 cm³/mol. The van der Waals surface area contributed by atoms with Crippen LogP contribution in [0.4, 0.5) is 10.5 Å². The summed E-state index contributed by atoms with van der Waals surface area (Å²) in [6, 6.07) is 21.2. The molecule has 5 rings (SSSR count). The van der Waals surface area contributed by atoms with Crippen LogP contribution in [0.2, 0.25) is 0 Å². The normalized spacial score (nSPS) is 21.2. The van der Waals surface area contributed by atoms with Crippen LogP contribution in [0.5, 0.6) is 0 Å². The Bertz CT molecular complexity index is 1120. The zero-order valence-electron chi connectivity index (χ0n) is 23.8. The predicted octanol–water partition coefficient (Wildman–Crippen LogP) is 5.16. The van der Waals surface area contributed by atoms with E-state index in [9.17, 15) is 9.59 Å². The molecule has 0 aromatic heterocycles. The van der Waals surface area contributed by atoms with Gasteiger partial charge in [0, 0.05) is 31.9 Å². The lowest BCUT2D eigenvalue weighted by Crippen LogP contribution is -2.56. The molecule has 0 aliphatic carbocycles. The maximum absolute atomic E-state index is 13.0. The van der Waals surface area contributed by atoms with Crippen molar-refractivity contribution in [3.05, 3.63) is 66.2 Å². The van der Waals surface area contributed by atoms with Crippen molar-refractivity contribution in [2.24, 2.45) is 0 Å². The van der Waals surface area contributed by atoms with Gasteiger partial charge in [0.2, 0.25) is 5.91 Å². The number of rotatable bonds is 6. The Morgan fingerprint density at radius 3 is 2.13 bits per heavy atom. The topological polar surface area (TPSA) is 65.1 Å². The highest BCUT2D eigenvalue weighted by molar-refractivity contribution is 5.93. The van der Waals surface area contributed by atoms with Gasteiger partial charge in [-0.2, -0.15) is 0 Å². The summed E-state index contributed by atoms with van der Waals surface area (Å²) in [6.07, 6.45) is 5.59. The fraction of sp³-hybridized carbons (Fsp3) is 0.562. The van der Waals surface area contributed by atoms with Gasteiger partial charge in [-0.05, 0) is 89.0 Å². The molecule has 0 saturated carbocycles. The molecule has 3 aliphatic rings. The first-order valence-electron chi connectivity index (χ1n) is 14.6. The molecule has 3 heterocycles. The molecule has 2 aromatic rings. The van der Waals surface area contributed by atoms with Gasteiger partial charge in [0.05, 0.1) is 6.67 Å². The Labute approximate surface area is 233 Å². The van der Waals surface area contributed by atoms with Crippen molar-refractivity contribution in [2.45, 2.75) is 75.9 Å². The second kappa shape index (κ2) is 11.2. The molecule has 3 fully saturated rings. The number of para-hydroxylation sites is 1. The molecule has 0 bridgehead atoms. The lowest BCUT2D eigenvalue weighted by molar-refractivity contribution is -0.125. The third-order valence-corrected chi connectivity index (χ3v) is 8.98. The quantitative estimate of drug-likeness (QED) is 0.557. The van der Waals surface area contributed by atoms with Crippen molar-refractivity contribution < 1.29 is 14.3 Å². The monoisotopic (exact) mass is 532 g/mol. The van der Waals surface area contributed by atoms with E-state index in [1.807, 2.05) is 43.9 Å². The number of nitrogens with zero attached hydrogens (tertiary/aromatic N) is 3. The number of ether oxygens (including phenoxy) is 1. The van der Waals surface area contributed by atoms with E-state index in [2.05, 4.69) is 57.6 Å². The van der Waals surface area contributed by atoms with Crippen LogP contribution in [-0.4, -0.2) is 72.3 Å². The van der Waals surface area contributed by atoms with Crippen LogP contribution in [0.3, 0.4) is 0 Å². The second-order valence-corrected chi connectivity index (χ2v) is 12.5. The number of carbonyl (C=O) groups excluding carboxylic acids is 2. The molecule has 1 spiro atoms. The zero-order valence-corrected chi connectivity index (χ0v) is 23.8. The van der Waals surface area contributed by atoms with Gasteiger partial charge < -0.3 is 24.8 Å². The summed E-state index contributed by atoms with van der Waals surface area (Å²) in [5, 5.41) is 3.11. The van der Waals surface area contributed by atoms with Crippen LogP contribution in [0.25, 0.3) is 0 Å². The van der Waals surface area contributed by atoms with Crippen molar-refractivity contribution >= 4 is 17.7 Å². The summed E-state index contributed by atoms with van der Waals surface area (Å²) in [7, 11) is 0. The first-order valence-corrected chi connectivity index (χ1v) is 14.6. The van der Waals surface area contributed by atoms with E-state index in [-0.39, 0.29) is 17.4 Å². The van der Waals surface area contributed by atoms with E-state index in [0.29, 0.717) is 6.67 Å². The highest BCUT2D eigenvalue weighted by atomic mass is 16.6. The molecular weight excluding hydrogens is 488 g/mol. The van der Waals surface area contributed by atoms with E-state index in [1.54, 1.807) is 0 Å². The highest BCUT2D eigenvalue weighted by Crippen LogP contribution is 2.41. The first-order chi connectivity index (χ1) is 18.7. The van der Waals surface area contributed by atoms with Gasteiger partial charge in [0.15, 0.2) is 0 Å². The fourth-order valence-electron chi connectivity index (χ4n) is 6.74. The smallest absolute Gasteiger partial charge is 0.410 e. The number of amides is 2. The zero-order chi connectivity index (χ0) is 27.5. The minimum atomic E-state index is -0.477. The lowest BCUT2D eigenvalue weighted by atomic mass is 9.70. The van der Waals surface area contributed by atoms with E-state index in [1.165, 1.54) is 5.56 Å². The SMILES string of the molecule is CC(C)(C)OC(=O)N1CCC(CCCN2CCC3(CC2)C(=O)NCN3c2ccccc2)(c2ccccc2)CC1. The van der Waals surface area contributed by atoms with Crippen molar-refractivity contribution in [1.29, 1.82) is 0 Å². The maximum Gasteiger partial charge on any atom is 0.410 e. The molecule has 2 amide bonds. The largest absolute Gasteiger partial charge is 0.444 e. The lowest BCUT2D eigenvalue weighted by Gasteiger charge is -2.44. The summed E-state index contributed by atoms with van der Waals surface area (Å²) >= 11 is 0. The minimum absolute atomic E-state index is 0.0756. The number of hydrogen-bond acceptors (Lipinski definition) is 5. The molecule has 2 aromatic carbocycles. The third kappa shape index (κ3) is 5.93. The molecular formula is C32H44N4O3. The van der Waals surface area contributed by atoms with Crippen LogP contribution in [0, 0.1) is 0 Å². The molecule has 0 radical (unpaired) electrons. The van der Waals surface area contributed by atoms with Crippen molar-refractivity contribution in [3.8, 4) is 0 Å². The van der Waals surface area contributed by atoms with Crippen LogP contribution in [0.15, 0.2) is 60.7 Å². The molecule has 210 valence electrons. The summed E-state index contributed by atoms with van der Waals surface area (Å²) in [5.41, 5.74) is 1.67. The number of carbonyl (C=O) groups is 2. The van der Waals surface area contributed by atoms with Crippen molar-refractivity contribution in [1.82, 2.24) is 15.1 Å². The number of anilines is 1. The molecule has 7 heteroatoms. The van der Waals surface area contributed by atoms with Crippen molar-refractivity contribution in [2.75, 3.05) is 44.3 Å². The Morgan fingerprint density at radius 2 is 1.51 bits per heavy atom. The van der Waals surface area contributed by atoms with Crippen LogP contribution >= 0.6 is 0 Å². The maximum atomic E-state index is 13.0. The number of hydrogen-bond donors (Lipinski definition) is 1. The molecule has 0 unspecified atom stereocenters. The van der Waals surface area contributed by atoms with Gasteiger partial charge >= 0.3 is 6.09 Å². The summed E-state index contributed by atoms with van der Waals surface area (Å²) < 4.78 is 5.64. The number of nitrogens with one attached hydrogen (secondary N) is 1. The van der Waals surface area contributed by atoms with Gasteiger partial charge in [-0.1, -0.05) is 48.5 Å². The molecule has 1 N–H and O–H groups in total. The van der Waals surface area contributed by atoms with E-state index in [0.717, 1.165) is 76.9 Å². The standard InChI is InChI=1S/C32H44N4O3/c1-30(2,3)39-29(38)35-23-16-31(17-24-35,26-11-6-4-7-12-26)15-10-20-34-21-18-32(19-22-34)28(37)33-25-36(32)27-13-8-5-9-14-27/h4-9,11-14H,10,15-25H2,1-3H3,(H,33,37). The molecule has 7 nitrogen and oxygen atoms in total. The molecule has 39 heavy (non-hydrogen) atoms. The Kier molecular flexibility index (Phi) is 7.90. The number of piperidine rings is 2. The molecule has 0 atom stereocenters. The van der Waals surface area contributed by atoms with Crippen molar-refractivity contribution in [3.63, 3.8) is 0 Å². The van der Waals surface area contributed by atoms with Gasteiger partial charge in [-0.25, -0.2) is 4.79 Å². The first kappa shape index (κ1) is 27.5. The minimum Gasteiger partial charge on any atom is -0.444 e. The van der Waals surface area contributed by atoms with Gasteiger partial charge in [0.25, 0.3) is 0 Å². The van der Waals surface area contributed by atoms with E-state index >= 15 is 0 Å². The Morgan fingerprint density at radius 1 is 0.897 bits per heavy atom. The summed E-state index contributed by atoms with van der Waals surface area (Å²) in [6.45, 7) is 10.7. The number of benzene rings is 2. The molecule has 3 aliphatic heterocycles. The van der Waals surface area contributed by atoms with Crippen LogP contribution < -0.4 is 10.2 Å². The van der Waals surface area contributed by atoms with Gasteiger partial charge in [-0.3, -0.25) is 4.79 Å². The van der Waals surface area contributed by atoms with Gasteiger partial charge in [-0.15, -0.1) is 0 Å². The van der Waals surface area contributed by atoms with Crippen LogP contribution in [-0.2, 0) is 14.9 Å². The van der Waals surface area contributed by atoms with E-state index < -0.39 is 11.1 Å². The summed E-state index contributed by atoms with van der Waals surface area (Å²) in [4.78, 5) is 32.4. The summed E-state index contributed by atoms with van der Waals surface area (Å²) in [5.74, 6) is 0.172.